The average Bonchev–Trinajstić information content (AvgIpc) is 3.40. The Morgan fingerprint density at radius 3 is 2.86 bits per heavy atom. The van der Waals surface area contributed by atoms with Gasteiger partial charge in [0.15, 0.2) is 5.13 Å². The van der Waals surface area contributed by atoms with E-state index in [1.807, 2.05) is 36.6 Å². The molecular weight excluding hydrogens is 424 g/mol. The van der Waals surface area contributed by atoms with E-state index >= 15 is 0 Å². The molecule has 5 nitrogen and oxygen atoms in total. The lowest BCUT2D eigenvalue weighted by molar-refractivity contribution is -0.116. The van der Waals surface area contributed by atoms with Gasteiger partial charge in [0.05, 0.1) is 10.2 Å². The fourth-order valence-corrected chi connectivity index (χ4v) is 5.17. The molecule has 0 bridgehead atoms. The first-order valence-electron chi connectivity index (χ1n) is 9.62. The van der Waals surface area contributed by atoms with Gasteiger partial charge in [0.2, 0.25) is 5.91 Å². The van der Waals surface area contributed by atoms with Crippen molar-refractivity contribution in [2.24, 2.45) is 0 Å². The number of nitrogens with one attached hydrogen (secondary N) is 1. The first-order chi connectivity index (χ1) is 14.1. The number of hydrogen-bond acceptors (Lipinski definition) is 6. The lowest BCUT2D eigenvalue weighted by Gasteiger charge is -2.34. The van der Waals surface area contributed by atoms with Crippen LogP contribution >= 0.6 is 34.3 Å². The third-order valence-electron chi connectivity index (χ3n) is 5.05. The molecule has 29 heavy (non-hydrogen) atoms. The third kappa shape index (κ3) is 4.98. The van der Waals surface area contributed by atoms with Crippen LogP contribution in [0.4, 0.5) is 5.13 Å². The number of hydrogen-bond donors (Lipinski definition) is 1. The van der Waals surface area contributed by atoms with Gasteiger partial charge in [-0.3, -0.25) is 9.69 Å². The number of carbonyl (C=O) groups is 1. The highest BCUT2D eigenvalue weighted by Crippen LogP contribution is 2.33. The second-order valence-electron chi connectivity index (χ2n) is 6.98. The average molecular weight is 447 g/mol. The number of amides is 1. The van der Waals surface area contributed by atoms with Crippen LogP contribution < -0.4 is 10.2 Å². The van der Waals surface area contributed by atoms with Crippen LogP contribution in [0.5, 0.6) is 0 Å². The molecule has 2 aromatic heterocycles. The Kier molecular flexibility index (Phi) is 6.50. The smallest absolute Gasteiger partial charge is 0.244 e. The van der Waals surface area contributed by atoms with Crippen molar-refractivity contribution in [1.82, 2.24) is 15.2 Å². The van der Waals surface area contributed by atoms with Crippen LogP contribution in [0.3, 0.4) is 0 Å². The Morgan fingerprint density at radius 2 is 2.10 bits per heavy atom. The summed E-state index contributed by atoms with van der Waals surface area (Å²) in [5.41, 5.74) is 2.06. The van der Waals surface area contributed by atoms with Gasteiger partial charge < -0.3 is 10.2 Å². The molecule has 1 aromatic carbocycles. The van der Waals surface area contributed by atoms with E-state index in [0.717, 1.165) is 58.8 Å². The zero-order chi connectivity index (χ0) is 20.2. The Labute approximate surface area is 183 Å². The first kappa shape index (κ1) is 20.3. The molecule has 1 aliphatic heterocycles. The van der Waals surface area contributed by atoms with E-state index in [1.165, 1.54) is 4.70 Å². The topological polar surface area (TPSA) is 48.5 Å². The van der Waals surface area contributed by atoms with Gasteiger partial charge >= 0.3 is 0 Å². The van der Waals surface area contributed by atoms with Crippen LogP contribution in [0.15, 0.2) is 35.7 Å². The number of carbonyl (C=O) groups excluding carboxylic acids is 1. The van der Waals surface area contributed by atoms with Crippen molar-refractivity contribution in [3.8, 4) is 0 Å². The number of benzene rings is 1. The molecule has 0 saturated carbocycles. The maximum Gasteiger partial charge on any atom is 0.244 e. The van der Waals surface area contributed by atoms with Crippen molar-refractivity contribution in [2.45, 2.75) is 6.92 Å². The Balaban J connectivity index is 1.23. The molecule has 1 N–H and O–H groups in total. The Bertz CT molecular complexity index is 1010. The number of rotatable bonds is 6. The minimum absolute atomic E-state index is 0.0412. The Morgan fingerprint density at radius 1 is 1.28 bits per heavy atom. The molecule has 1 aliphatic rings. The molecule has 3 heterocycles. The number of aromatic nitrogens is 1. The second-order valence-corrected chi connectivity index (χ2v) is 9.38. The van der Waals surface area contributed by atoms with Crippen LogP contribution in [0, 0.1) is 6.92 Å². The number of nitrogens with zero attached hydrogens (tertiary/aromatic N) is 3. The molecule has 1 amide bonds. The highest BCUT2D eigenvalue weighted by molar-refractivity contribution is 7.22. The van der Waals surface area contributed by atoms with Crippen molar-refractivity contribution < 1.29 is 4.79 Å². The lowest BCUT2D eigenvalue weighted by atomic mass is 10.2. The molecule has 8 heteroatoms. The highest BCUT2D eigenvalue weighted by atomic mass is 35.5. The second kappa shape index (κ2) is 9.26. The minimum Gasteiger partial charge on any atom is -0.351 e. The maximum atomic E-state index is 11.9. The van der Waals surface area contributed by atoms with Gasteiger partial charge in [-0.2, -0.15) is 0 Å². The number of piperazine rings is 1. The fourth-order valence-electron chi connectivity index (χ4n) is 3.33. The summed E-state index contributed by atoms with van der Waals surface area (Å²) in [7, 11) is 0. The summed E-state index contributed by atoms with van der Waals surface area (Å²) in [4.78, 5) is 22.6. The van der Waals surface area contributed by atoms with E-state index in [4.69, 9.17) is 16.6 Å². The largest absolute Gasteiger partial charge is 0.351 e. The lowest BCUT2D eigenvalue weighted by Crippen LogP contribution is -2.48. The van der Waals surface area contributed by atoms with E-state index in [0.29, 0.717) is 6.54 Å². The molecule has 0 radical (unpaired) electrons. The normalized spacial score (nSPS) is 15.4. The van der Waals surface area contributed by atoms with Crippen LogP contribution in [0.25, 0.3) is 16.3 Å². The van der Waals surface area contributed by atoms with Gasteiger partial charge in [0.1, 0.15) is 0 Å². The number of thiophene rings is 1. The molecule has 0 aliphatic carbocycles. The quantitative estimate of drug-likeness (QED) is 0.574. The number of aryl methyl sites for hydroxylation is 1. The third-order valence-corrected chi connectivity index (χ3v) is 7.38. The van der Waals surface area contributed by atoms with E-state index in [9.17, 15) is 4.79 Å². The summed E-state index contributed by atoms with van der Waals surface area (Å²) in [6.07, 6.45) is 3.46. The van der Waals surface area contributed by atoms with Crippen LogP contribution in [-0.4, -0.2) is 55.1 Å². The summed E-state index contributed by atoms with van der Waals surface area (Å²) in [5, 5.41) is 6.80. The SMILES string of the molecule is Cc1c(Cl)ccc2sc(N3CCN(CCNC(=O)/C=C/c4cccs4)CC3)nc12. The highest BCUT2D eigenvalue weighted by Gasteiger charge is 2.20. The van der Waals surface area contributed by atoms with E-state index < -0.39 is 0 Å². The van der Waals surface area contributed by atoms with Crippen LogP contribution in [-0.2, 0) is 4.79 Å². The van der Waals surface area contributed by atoms with E-state index in [2.05, 4.69) is 21.2 Å². The number of thiazole rings is 1. The molecule has 0 spiro atoms. The van der Waals surface area contributed by atoms with Gasteiger partial charge in [0.25, 0.3) is 0 Å². The molecule has 1 fully saturated rings. The molecule has 3 aromatic rings. The first-order valence-corrected chi connectivity index (χ1v) is 11.7. The summed E-state index contributed by atoms with van der Waals surface area (Å²) >= 11 is 9.58. The number of halogens is 1. The molecule has 1 saturated heterocycles. The van der Waals surface area contributed by atoms with E-state index in [1.54, 1.807) is 28.7 Å². The predicted molar refractivity (Wildman–Crippen MR) is 124 cm³/mol. The summed E-state index contributed by atoms with van der Waals surface area (Å²) in [6.45, 7) is 7.37. The van der Waals surface area contributed by atoms with Gasteiger partial charge in [-0.05, 0) is 42.1 Å². The van der Waals surface area contributed by atoms with Gasteiger partial charge in [0, 0.05) is 55.2 Å². The Hall–Kier alpha value is -1.93. The summed E-state index contributed by atoms with van der Waals surface area (Å²) in [6, 6.07) is 7.97. The molecule has 0 atom stereocenters. The standard InChI is InChI=1S/C21H23ClN4OS2/c1-15-17(22)5-6-18-20(15)24-21(29-18)26-12-10-25(11-13-26)9-8-23-19(27)7-4-16-3-2-14-28-16/h2-7,14H,8-13H2,1H3,(H,23,27)/b7-4+. The zero-order valence-electron chi connectivity index (χ0n) is 16.2. The summed E-state index contributed by atoms with van der Waals surface area (Å²) in [5.74, 6) is -0.0412. The van der Waals surface area contributed by atoms with Gasteiger partial charge in [-0.15, -0.1) is 11.3 Å². The molecule has 0 unspecified atom stereocenters. The number of fused-ring (bicyclic) bond motifs is 1. The van der Waals surface area contributed by atoms with Crippen LogP contribution in [0.1, 0.15) is 10.4 Å². The van der Waals surface area contributed by atoms with Crippen molar-refractivity contribution >= 4 is 61.6 Å². The molecule has 152 valence electrons. The zero-order valence-corrected chi connectivity index (χ0v) is 18.6. The van der Waals surface area contributed by atoms with Gasteiger partial charge in [-0.25, -0.2) is 4.98 Å². The van der Waals surface area contributed by atoms with Crippen molar-refractivity contribution in [3.05, 3.63) is 51.2 Å². The minimum atomic E-state index is -0.0412. The monoisotopic (exact) mass is 446 g/mol. The van der Waals surface area contributed by atoms with Gasteiger partial charge in [-0.1, -0.05) is 29.0 Å². The molecular formula is C21H23ClN4OS2. The van der Waals surface area contributed by atoms with Crippen molar-refractivity contribution in [1.29, 1.82) is 0 Å². The maximum absolute atomic E-state index is 11.9. The van der Waals surface area contributed by atoms with Crippen LogP contribution in [0.2, 0.25) is 5.02 Å². The summed E-state index contributed by atoms with van der Waals surface area (Å²) < 4.78 is 1.18. The molecule has 4 rings (SSSR count). The number of anilines is 1. The fraction of sp³-hybridized carbons (Fsp3) is 0.333. The van der Waals surface area contributed by atoms with Crippen molar-refractivity contribution in [3.63, 3.8) is 0 Å². The van der Waals surface area contributed by atoms with Crippen molar-refractivity contribution in [2.75, 3.05) is 44.2 Å². The predicted octanol–water partition coefficient (Wildman–Crippen LogP) is 4.27. The van der Waals surface area contributed by atoms with E-state index in [-0.39, 0.29) is 5.91 Å².